The Labute approximate surface area is 193 Å². The maximum absolute atomic E-state index is 14.1. The lowest BCUT2D eigenvalue weighted by molar-refractivity contribution is -0.137. The minimum Gasteiger partial charge on any atom is -0.356 e. The van der Waals surface area contributed by atoms with Crippen molar-refractivity contribution in [2.24, 2.45) is 0 Å². The molecule has 35 heavy (non-hydrogen) atoms. The van der Waals surface area contributed by atoms with Gasteiger partial charge in [0.25, 0.3) is 0 Å². The van der Waals surface area contributed by atoms with Gasteiger partial charge in [-0.05, 0) is 30.3 Å². The van der Waals surface area contributed by atoms with Gasteiger partial charge in [0.2, 0.25) is 0 Å². The lowest BCUT2D eigenvalue weighted by Gasteiger charge is -2.08. The Hall–Kier alpha value is -4.66. The van der Waals surface area contributed by atoms with Gasteiger partial charge in [0.05, 0.1) is 41.7 Å². The molecule has 0 N–H and O–H groups in total. The van der Waals surface area contributed by atoms with E-state index >= 15 is 0 Å². The first kappa shape index (κ1) is 22.1. The number of rotatable bonds is 4. The number of fused-ring (bicyclic) bond motifs is 1. The summed E-state index contributed by atoms with van der Waals surface area (Å²) in [5.41, 5.74) is 0.0328. The van der Waals surface area contributed by atoms with E-state index in [0.717, 1.165) is 24.3 Å². The fourth-order valence-corrected chi connectivity index (χ4v) is 3.45. The molecule has 2 aliphatic heterocycles. The zero-order valence-electron chi connectivity index (χ0n) is 17.4. The summed E-state index contributed by atoms with van der Waals surface area (Å²) < 4.78 is 73.1. The summed E-state index contributed by atoms with van der Waals surface area (Å²) in [5.74, 6) is -1.95. The Morgan fingerprint density at radius 1 is 1.00 bits per heavy atom. The van der Waals surface area contributed by atoms with Crippen molar-refractivity contribution in [3.63, 3.8) is 0 Å². The summed E-state index contributed by atoms with van der Waals surface area (Å²) in [6, 6.07) is 9.67. The van der Waals surface area contributed by atoms with Crippen LogP contribution in [0.25, 0.3) is 34.1 Å². The van der Waals surface area contributed by atoms with Crippen LogP contribution in [0.3, 0.4) is 0 Å². The zero-order valence-corrected chi connectivity index (χ0v) is 17.4. The second-order valence-corrected chi connectivity index (χ2v) is 7.44. The Morgan fingerprint density at radius 2 is 1.80 bits per heavy atom. The molecule has 0 saturated heterocycles. The third-order valence-corrected chi connectivity index (χ3v) is 5.12. The van der Waals surface area contributed by atoms with E-state index in [2.05, 4.69) is 20.2 Å². The van der Waals surface area contributed by atoms with Crippen LogP contribution < -0.4 is 0 Å². The average molecular weight is 482 g/mol. The summed E-state index contributed by atoms with van der Waals surface area (Å²) >= 11 is 0. The van der Waals surface area contributed by atoms with Gasteiger partial charge in [0, 0.05) is 11.6 Å². The quantitative estimate of drug-likeness (QED) is 0.322. The highest BCUT2D eigenvalue weighted by atomic mass is 19.4. The Balaban J connectivity index is 1.41. The van der Waals surface area contributed by atoms with Gasteiger partial charge in [0.1, 0.15) is 17.1 Å². The average Bonchev–Trinajstić information content (AvgIpc) is 3.46. The number of halogens is 5. The molecule has 0 bridgehead atoms. The standard InChI is InChI=1S/C23H11F5N6O/c24-17-3-1-2-16(21(17)25)22-31-18-9-30-34(11-19(18)32-22)10-14-7-20(35-33-14)15-5-4-13(23(26,27)28)6-12(15)8-29/h1-7,9,11H,10H2. The first-order valence-corrected chi connectivity index (χ1v) is 9.95. The first-order valence-electron chi connectivity index (χ1n) is 9.95. The Bertz CT molecular complexity index is 1570. The van der Waals surface area contributed by atoms with Gasteiger partial charge in [-0.1, -0.05) is 11.2 Å². The number of nitriles is 1. The van der Waals surface area contributed by atoms with Gasteiger partial charge in [-0.3, -0.25) is 4.68 Å². The molecule has 3 heterocycles. The second-order valence-electron chi connectivity index (χ2n) is 7.44. The number of hydrogen-bond acceptors (Lipinski definition) is 6. The number of aromatic nitrogens is 5. The SMILES string of the molecule is N#Cc1cc(C(F)(F)F)ccc1-c1cc(Cn2cc3nc(-c4cccc(F)c4F)nc-3cn2)no1. The number of alkyl halides is 3. The molecule has 0 saturated carbocycles. The maximum Gasteiger partial charge on any atom is 0.416 e. The van der Waals surface area contributed by atoms with Gasteiger partial charge >= 0.3 is 6.18 Å². The van der Waals surface area contributed by atoms with Gasteiger partial charge in [-0.25, -0.2) is 18.7 Å². The van der Waals surface area contributed by atoms with E-state index in [1.165, 1.54) is 35.3 Å². The lowest BCUT2D eigenvalue weighted by Crippen LogP contribution is -2.05. The number of benzene rings is 2. The minimum atomic E-state index is -4.58. The van der Waals surface area contributed by atoms with Crippen molar-refractivity contribution < 1.29 is 26.5 Å². The van der Waals surface area contributed by atoms with Crippen LogP contribution in [-0.2, 0) is 12.7 Å². The van der Waals surface area contributed by atoms with Crippen LogP contribution in [0, 0.1) is 23.0 Å². The molecule has 2 aromatic carbocycles. The number of nitrogens with zero attached hydrogens (tertiary/aromatic N) is 6. The minimum absolute atomic E-state index is 0.00612. The molecular weight excluding hydrogens is 471 g/mol. The molecule has 3 aromatic rings. The highest BCUT2D eigenvalue weighted by Gasteiger charge is 2.31. The predicted octanol–water partition coefficient (Wildman–Crippen LogP) is 5.32. The molecule has 0 amide bonds. The van der Waals surface area contributed by atoms with E-state index in [1.807, 2.05) is 0 Å². The molecule has 7 nitrogen and oxygen atoms in total. The molecule has 0 aliphatic carbocycles. The molecule has 0 fully saturated rings. The maximum atomic E-state index is 14.1. The molecule has 0 unspecified atom stereocenters. The van der Waals surface area contributed by atoms with Gasteiger partial charge < -0.3 is 4.52 Å². The molecule has 2 aliphatic rings. The molecule has 0 atom stereocenters. The van der Waals surface area contributed by atoms with Crippen LogP contribution in [0.2, 0.25) is 0 Å². The number of imidazole rings is 1. The summed E-state index contributed by atoms with van der Waals surface area (Å²) in [6.45, 7) is 0.0957. The molecular formula is C23H11F5N6O. The van der Waals surface area contributed by atoms with E-state index < -0.39 is 23.4 Å². The fraction of sp³-hybridized carbons (Fsp3) is 0.0870. The van der Waals surface area contributed by atoms with Gasteiger partial charge in [-0.15, -0.1) is 0 Å². The summed E-state index contributed by atoms with van der Waals surface area (Å²) in [7, 11) is 0. The molecule has 12 heteroatoms. The Kier molecular flexibility index (Phi) is 5.24. The summed E-state index contributed by atoms with van der Waals surface area (Å²) in [6.07, 6.45) is -1.66. The first-order chi connectivity index (χ1) is 16.7. The van der Waals surface area contributed by atoms with Crippen LogP contribution in [0.15, 0.2) is 59.4 Å². The van der Waals surface area contributed by atoms with Crippen molar-refractivity contribution in [3.8, 4) is 40.2 Å². The third kappa shape index (κ3) is 4.19. The smallest absolute Gasteiger partial charge is 0.356 e. The molecule has 0 spiro atoms. The van der Waals surface area contributed by atoms with Crippen molar-refractivity contribution in [2.45, 2.75) is 12.7 Å². The van der Waals surface area contributed by atoms with Gasteiger partial charge in [0.15, 0.2) is 23.2 Å². The topological polar surface area (TPSA) is 93.4 Å². The van der Waals surface area contributed by atoms with E-state index in [-0.39, 0.29) is 34.8 Å². The highest BCUT2D eigenvalue weighted by molar-refractivity contribution is 5.67. The summed E-state index contributed by atoms with van der Waals surface area (Å²) in [4.78, 5) is 8.42. The van der Waals surface area contributed by atoms with E-state index in [1.54, 1.807) is 6.07 Å². The monoisotopic (exact) mass is 482 g/mol. The highest BCUT2D eigenvalue weighted by Crippen LogP contribution is 2.33. The number of hydrogen-bond donors (Lipinski definition) is 0. The molecule has 1 aromatic heterocycles. The normalized spacial score (nSPS) is 11.7. The van der Waals surface area contributed by atoms with Crippen molar-refractivity contribution >= 4 is 0 Å². The van der Waals surface area contributed by atoms with Crippen LogP contribution in [0.4, 0.5) is 22.0 Å². The van der Waals surface area contributed by atoms with Crippen molar-refractivity contribution in [2.75, 3.05) is 0 Å². The van der Waals surface area contributed by atoms with Crippen molar-refractivity contribution in [1.82, 2.24) is 24.9 Å². The zero-order chi connectivity index (χ0) is 24.7. The van der Waals surface area contributed by atoms with E-state index in [9.17, 15) is 27.2 Å². The van der Waals surface area contributed by atoms with Crippen molar-refractivity contribution in [3.05, 3.63) is 83.3 Å². The van der Waals surface area contributed by atoms with Crippen LogP contribution in [0.5, 0.6) is 0 Å². The molecule has 174 valence electrons. The van der Waals surface area contributed by atoms with Gasteiger partial charge in [-0.2, -0.15) is 23.5 Å². The molecule has 5 rings (SSSR count). The Morgan fingerprint density at radius 3 is 2.57 bits per heavy atom. The molecule has 0 radical (unpaired) electrons. The lowest BCUT2D eigenvalue weighted by atomic mass is 10.0. The van der Waals surface area contributed by atoms with E-state index in [0.29, 0.717) is 17.1 Å². The second kappa shape index (κ2) is 8.28. The fourth-order valence-electron chi connectivity index (χ4n) is 3.45. The van der Waals surface area contributed by atoms with E-state index in [4.69, 9.17) is 4.52 Å². The third-order valence-electron chi connectivity index (χ3n) is 5.12. The van der Waals surface area contributed by atoms with Crippen LogP contribution >= 0.6 is 0 Å². The van der Waals surface area contributed by atoms with Crippen LogP contribution in [-0.4, -0.2) is 24.9 Å². The van der Waals surface area contributed by atoms with Crippen molar-refractivity contribution in [1.29, 1.82) is 5.26 Å². The summed E-state index contributed by atoms with van der Waals surface area (Å²) in [5, 5.41) is 17.4. The predicted molar refractivity (Wildman–Crippen MR) is 111 cm³/mol. The van der Waals surface area contributed by atoms with Crippen LogP contribution in [0.1, 0.15) is 16.8 Å². The largest absolute Gasteiger partial charge is 0.416 e.